The summed E-state index contributed by atoms with van der Waals surface area (Å²) in [6.45, 7) is -0.851. The molecule has 0 bridgehead atoms. The third-order valence-corrected chi connectivity index (χ3v) is 6.23. The van der Waals surface area contributed by atoms with Gasteiger partial charge in [0.2, 0.25) is 0 Å². The van der Waals surface area contributed by atoms with Crippen molar-refractivity contribution in [2.75, 3.05) is 13.2 Å². The van der Waals surface area contributed by atoms with Gasteiger partial charge >= 0.3 is 0 Å². The van der Waals surface area contributed by atoms with Gasteiger partial charge in [0.25, 0.3) is 0 Å². The lowest BCUT2D eigenvalue weighted by molar-refractivity contribution is -0.326. The van der Waals surface area contributed by atoms with Crippen molar-refractivity contribution >= 4 is 5.78 Å². The Hall–Kier alpha value is -0.890. The van der Waals surface area contributed by atoms with Crippen LogP contribution in [0.25, 0.3) is 0 Å². The second-order valence-corrected chi connectivity index (χ2v) is 8.52. The Labute approximate surface area is 188 Å². The highest BCUT2D eigenvalue weighted by Crippen LogP contribution is 2.30. The van der Waals surface area contributed by atoms with Gasteiger partial charge in [0.05, 0.1) is 12.6 Å². The predicted molar refractivity (Wildman–Crippen MR) is 105 cm³/mol. The molecule has 0 radical (unpaired) electrons. The molecule has 0 unspecified atom stereocenters. The third kappa shape index (κ3) is 5.21. The van der Waals surface area contributed by atoms with E-state index in [0.29, 0.717) is 0 Å². The van der Waals surface area contributed by atoms with Crippen molar-refractivity contribution in [3.05, 3.63) is 0 Å². The molecule has 0 aromatic carbocycles. The average Bonchev–Trinajstić information content (AvgIpc) is 2.79. The number of carbonyl (C=O) groups excluding carboxylic acids is 1. The van der Waals surface area contributed by atoms with Gasteiger partial charge < -0.3 is 71.9 Å². The van der Waals surface area contributed by atoms with Crippen LogP contribution in [0.5, 0.6) is 0 Å². The highest BCUT2D eigenvalue weighted by Gasteiger charge is 2.51. The lowest BCUT2D eigenvalue weighted by atomic mass is 9.86. The minimum Gasteiger partial charge on any atom is -0.394 e. The molecule has 1 aliphatic carbocycles. The Kier molecular flexibility index (Phi) is 8.74. The van der Waals surface area contributed by atoms with Crippen LogP contribution in [0.2, 0.25) is 0 Å². The van der Waals surface area contributed by atoms with Gasteiger partial charge in [0, 0.05) is 19.0 Å². The predicted octanol–water partition coefficient (Wildman–Crippen LogP) is -7.05. The molecule has 33 heavy (non-hydrogen) atoms. The first-order valence-corrected chi connectivity index (χ1v) is 10.6. The van der Waals surface area contributed by atoms with Crippen molar-refractivity contribution < 1.29 is 59.5 Å². The lowest BCUT2D eigenvalue weighted by Gasteiger charge is -2.46. The molecule has 3 rings (SSSR count). The number of ether oxygens (including phenoxy) is 4. The van der Waals surface area contributed by atoms with Crippen LogP contribution < -0.4 is 17.2 Å². The van der Waals surface area contributed by atoms with Crippen LogP contribution in [0.4, 0.5) is 0 Å². The fourth-order valence-electron chi connectivity index (χ4n) is 4.17. The summed E-state index contributed by atoms with van der Waals surface area (Å²) < 4.78 is 21.7. The Bertz CT molecular complexity index is 672. The number of Topliss-reactive ketones (excluding diaryl/α,β-unsaturated/α-hetero) is 1. The van der Waals surface area contributed by atoms with Crippen molar-refractivity contribution in [1.29, 1.82) is 0 Å². The number of hydrogen-bond acceptors (Lipinski definition) is 15. The number of ketones is 1. The van der Waals surface area contributed by atoms with E-state index < -0.39 is 98.1 Å². The Morgan fingerprint density at radius 3 is 2.03 bits per heavy atom. The minimum absolute atomic E-state index is 0.205. The Morgan fingerprint density at radius 1 is 0.818 bits per heavy atom. The molecule has 2 aliphatic heterocycles. The number of carbonyl (C=O) groups is 1. The molecule has 0 aromatic heterocycles. The molecule has 15 heteroatoms. The fraction of sp³-hybridized carbons (Fsp3) is 0.944. The quantitative estimate of drug-likeness (QED) is 0.168. The monoisotopic (exact) mass is 483 g/mol. The zero-order chi connectivity index (χ0) is 24.6. The van der Waals surface area contributed by atoms with E-state index in [4.69, 9.17) is 36.1 Å². The van der Waals surface area contributed by atoms with Crippen LogP contribution in [0, 0.1) is 0 Å². The van der Waals surface area contributed by atoms with Gasteiger partial charge in [0.1, 0.15) is 61.0 Å². The van der Waals surface area contributed by atoms with Crippen molar-refractivity contribution in [2.24, 2.45) is 17.2 Å². The van der Waals surface area contributed by atoms with Crippen LogP contribution in [-0.4, -0.2) is 140 Å². The van der Waals surface area contributed by atoms with E-state index in [-0.39, 0.29) is 13.0 Å². The van der Waals surface area contributed by atoms with E-state index in [1.54, 1.807) is 0 Å². The van der Waals surface area contributed by atoms with E-state index in [0.717, 1.165) is 0 Å². The van der Waals surface area contributed by atoms with Gasteiger partial charge in [-0.15, -0.1) is 0 Å². The maximum Gasteiger partial charge on any atom is 0.187 e. The van der Waals surface area contributed by atoms with E-state index in [1.165, 1.54) is 0 Å². The van der Waals surface area contributed by atoms with Crippen molar-refractivity contribution in [2.45, 2.75) is 92.1 Å². The lowest BCUT2D eigenvalue weighted by Crippen LogP contribution is -2.67. The fourth-order valence-corrected chi connectivity index (χ4v) is 4.17. The Balaban J connectivity index is 1.73. The van der Waals surface area contributed by atoms with E-state index in [2.05, 4.69) is 0 Å². The molecule has 13 N–H and O–H groups in total. The third-order valence-electron chi connectivity index (χ3n) is 6.23. The smallest absolute Gasteiger partial charge is 0.187 e. The van der Waals surface area contributed by atoms with Gasteiger partial charge in [0.15, 0.2) is 18.4 Å². The molecule has 192 valence electrons. The first-order valence-electron chi connectivity index (χ1n) is 10.6. The number of nitrogens with two attached hydrogens (primary N) is 3. The van der Waals surface area contributed by atoms with E-state index in [9.17, 15) is 40.5 Å². The summed E-state index contributed by atoms with van der Waals surface area (Å²) in [7, 11) is 0. The molecular formula is C18H33N3O12. The highest BCUT2D eigenvalue weighted by molar-refractivity contribution is 5.85. The molecular weight excluding hydrogens is 450 g/mol. The van der Waals surface area contributed by atoms with Crippen molar-refractivity contribution in [3.8, 4) is 0 Å². The van der Waals surface area contributed by atoms with Gasteiger partial charge in [-0.05, 0) is 0 Å². The molecule has 15 nitrogen and oxygen atoms in total. The minimum atomic E-state index is -1.73. The summed E-state index contributed by atoms with van der Waals surface area (Å²) >= 11 is 0. The van der Waals surface area contributed by atoms with Crippen molar-refractivity contribution in [3.63, 3.8) is 0 Å². The van der Waals surface area contributed by atoms with Crippen molar-refractivity contribution in [1.82, 2.24) is 0 Å². The summed E-state index contributed by atoms with van der Waals surface area (Å²) in [4.78, 5) is 12.5. The molecule has 14 atom stereocenters. The topological polar surface area (TPSA) is 274 Å². The second-order valence-electron chi connectivity index (χ2n) is 8.52. The van der Waals surface area contributed by atoms with Gasteiger partial charge in [-0.3, -0.25) is 4.79 Å². The maximum atomic E-state index is 12.5. The zero-order valence-corrected chi connectivity index (χ0v) is 17.6. The normalized spacial score (nSPS) is 51.5. The Morgan fingerprint density at radius 2 is 1.42 bits per heavy atom. The van der Waals surface area contributed by atoms with Gasteiger partial charge in [-0.25, -0.2) is 0 Å². The molecule has 0 aromatic rings. The van der Waals surface area contributed by atoms with Crippen LogP contribution in [0.3, 0.4) is 0 Å². The molecule has 0 spiro atoms. The van der Waals surface area contributed by atoms with Crippen LogP contribution >= 0.6 is 0 Å². The van der Waals surface area contributed by atoms with Crippen LogP contribution in [0.1, 0.15) is 6.42 Å². The summed E-state index contributed by atoms with van der Waals surface area (Å²) in [6, 6.07) is -2.33. The van der Waals surface area contributed by atoms with E-state index in [1.807, 2.05) is 0 Å². The molecule has 2 saturated heterocycles. The molecule has 3 aliphatic rings. The van der Waals surface area contributed by atoms with Crippen LogP contribution in [-0.2, 0) is 23.7 Å². The number of rotatable bonds is 6. The SMILES string of the molecule is NC[C@H]1O[C@H](O[C@H]2[C@H](O)[C@@H](O[C@H]3O[C@H](CO)[C@@H](O)[C@H](N)[C@H]3O)C(=O)C[C@@H]2N)[C@H](O)[C@@H](O)[C@@H]1O. The summed E-state index contributed by atoms with van der Waals surface area (Å²) in [5.41, 5.74) is 17.2. The highest BCUT2D eigenvalue weighted by atomic mass is 16.7. The first kappa shape index (κ1) is 26.7. The van der Waals surface area contributed by atoms with Gasteiger partial charge in [-0.1, -0.05) is 0 Å². The summed E-state index contributed by atoms with van der Waals surface area (Å²) in [5, 5.41) is 70.5. The average molecular weight is 483 g/mol. The molecule has 3 fully saturated rings. The number of aliphatic hydroxyl groups excluding tert-OH is 7. The molecule has 0 amide bonds. The standard InChI is InChI=1S/C18H33N3O12/c19-2-6-10(25)12(27)13(28)18(30-6)32-15-4(20)1-5(23)16(14(15)29)33-17-11(26)8(21)9(24)7(3-22)31-17/h4,6-18,22,24-29H,1-3,19-21H2/t4-,6+,7+,8-,9+,10+,11+,12-,13+,14-,15+,16-,17+,18+/m0/s1. The second kappa shape index (κ2) is 10.8. The zero-order valence-electron chi connectivity index (χ0n) is 17.6. The summed E-state index contributed by atoms with van der Waals surface area (Å²) in [5.74, 6) is -0.647. The van der Waals surface area contributed by atoms with Crippen LogP contribution in [0.15, 0.2) is 0 Å². The first-order chi connectivity index (χ1) is 15.5. The number of aliphatic hydroxyl groups is 7. The number of hydrogen-bond donors (Lipinski definition) is 10. The summed E-state index contributed by atoms with van der Waals surface area (Å²) in [6.07, 6.45) is -18.3. The molecule has 1 saturated carbocycles. The largest absolute Gasteiger partial charge is 0.394 e. The van der Waals surface area contributed by atoms with E-state index >= 15 is 0 Å². The molecule has 2 heterocycles. The maximum absolute atomic E-state index is 12.5. The van der Waals surface area contributed by atoms with Gasteiger partial charge in [-0.2, -0.15) is 0 Å².